The molecule has 2 aromatic carbocycles. The second kappa shape index (κ2) is 9.77. The van der Waals surface area contributed by atoms with Crippen molar-refractivity contribution in [2.45, 2.75) is 38.3 Å². The van der Waals surface area contributed by atoms with Gasteiger partial charge in [-0.3, -0.25) is 4.90 Å². The first-order valence-electron chi connectivity index (χ1n) is 10.3. The van der Waals surface area contributed by atoms with Gasteiger partial charge in [0.25, 0.3) is 0 Å². The van der Waals surface area contributed by atoms with Crippen molar-refractivity contribution in [2.24, 2.45) is 5.73 Å². The molecule has 0 atom stereocenters. The van der Waals surface area contributed by atoms with Crippen LogP contribution in [0, 0.1) is 0 Å². The number of likely N-dealkylation sites (tertiary alicyclic amines) is 1. The zero-order valence-electron chi connectivity index (χ0n) is 17.4. The molecule has 3 rings (SSSR count). The summed E-state index contributed by atoms with van der Waals surface area (Å²) >= 11 is 0. The van der Waals surface area contributed by atoms with Crippen LogP contribution < -0.4 is 10.5 Å². The summed E-state index contributed by atoms with van der Waals surface area (Å²) in [6.45, 7) is 10.3. The van der Waals surface area contributed by atoms with Crippen molar-refractivity contribution in [2.75, 3.05) is 20.2 Å². The second-order valence-corrected chi connectivity index (χ2v) is 7.78. The SMILES string of the molecule is C=CCc1ccc(OC)c(-c2cc(CC=C)cc(CN3CCC(N)CC3)c2O)c1. The first-order chi connectivity index (χ1) is 14.0. The lowest BCUT2D eigenvalue weighted by Gasteiger charge is -2.30. The second-order valence-electron chi connectivity index (χ2n) is 7.78. The Hall–Kier alpha value is -2.56. The van der Waals surface area contributed by atoms with Crippen LogP contribution in [0.2, 0.25) is 0 Å². The molecule has 0 spiro atoms. The average Bonchev–Trinajstić information content (AvgIpc) is 2.72. The third-order valence-electron chi connectivity index (χ3n) is 5.59. The Morgan fingerprint density at radius 3 is 2.38 bits per heavy atom. The predicted octanol–water partition coefficient (Wildman–Crippen LogP) is 4.45. The fraction of sp³-hybridized carbons (Fsp3) is 0.360. The molecule has 0 bridgehead atoms. The average molecular weight is 393 g/mol. The number of phenolic OH excluding ortho intramolecular Hbond substituents is 1. The lowest BCUT2D eigenvalue weighted by molar-refractivity contribution is 0.203. The zero-order chi connectivity index (χ0) is 20.8. The van der Waals surface area contributed by atoms with Crippen molar-refractivity contribution < 1.29 is 9.84 Å². The molecule has 3 N–H and O–H groups in total. The summed E-state index contributed by atoms with van der Waals surface area (Å²) in [7, 11) is 1.66. The van der Waals surface area contributed by atoms with Gasteiger partial charge in [0, 0.05) is 29.3 Å². The van der Waals surface area contributed by atoms with Crippen LogP contribution in [0.1, 0.15) is 29.5 Å². The summed E-state index contributed by atoms with van der Waals surface area (Å²) in [5.74, 6) is 1.07. The number of methoxy groups -OCH3 is 1. The molecule has 1 aliphatic heterocycles. The smallest absolute Gasteiger partial charge is 0.128 e. The summed E-state index contributed by atoms with van der Waals surface area (Å²) < 4.78 is 5.61. The van der Waals surface area contributed by atoms with Gasteiger partial charge < -0.3 is 15.6 Å². The largest absolute Gasteiger partial charge is 0.507 e. The van der Waals surface area contributed by atoms with Crippen molar-refractivity contribution >= 4 is 0 Å². The first kappa shape index (κ1) is 21.2. The number of allylic oxidation sites excluding steroid dienone is 2. The summed E-state index contributed by atoms with van der Waals surface area (Å²) in [5, 5.41) is 11.2. The number of nitrogens with two attached hydrogens (primary N) is 1. The molecule has 0 saturated carbocycles. The Kier molecular flexibility index (Phi) is 7.13. The van der Waals surface area contributed by atoms with Crippen LogP contribution >= 0.6 is 0 Å². The van der Waals surface area contributed by atoms with E-state index in [0.717, 1.165) is 72.3 Å². The predicted molar refractivity (Wildman–Crippen MR) is 120 cm³/mol. The van der Waals surface area contributed by atoms with Gasteiger partial charge in [-0.15, -0.1) is 13.2 Å². The van der Waals surface area contributed by atoms with E-state index in [4.69, 9.17) is 10.5 Å². The van der Waals surface area contributed by atoms with E-state index in [-0.39, 0.29) is 0 Å². The minimum absolute atomic E-state index is 0.291. The van der Waals surface area contributed by atoms with Gasteiger partial charge in [-0.1, -0.05) is 24.3 Å². The first-order valence-corrected chi connectivity index (χ1v) is 10.3. The van der Waals surface area contributed by atoms with E-state index < -0.39 is 0 Å². The summed E-state index contributed by atoms with van der Waals surface area (Å²) in [4.78, 5) is 2.37. The maximum atomic E-state index is 11.2. The molecule has 1 aliphatic rings. The van der Waals surface area contributed by atoms with E-state index in [1.807, 2.05) is 30.4 Å². The van der Waals surface area contributed by atoms with E-state index in [1.165, 1.54) is 0 Å². The number of hydrogen-bond donors (Lipinski definition) is 2. The van der Waals surface area contributed by atoms with Crippen LogP contribution in [0.3, 0.4) is 0 Å². The highest BCUT2D eigenvalue weighted by Crippen LogP contribution is 2.40. The zero-order valence-corrected chi connectivity index (χ0v) is 17.4. The molecule has 0 radical (unpaired) electrons. The standard InChI is InChI=1S/C25H32N2O2/c1-4-6-18-8-9-24(29-3)22(15-18)23-16-19(7-5-2)14-20(25(23)28)17-27-12-10-21(26)11-13-27/h4-5,8-9,14-16,21,28H,1-2,6-7,10-13,17,26H2,3H3. The van der Waals surface area contributed by atoms with Crippen LogP contribution in [0.5, 0.6) is 11.5 Å². The fourth-order valence-corrected chi connectivity index (χ4v) is 3.98. The van der Waals surface area contributed by atoms with Gasteiger partial charge in [-0.2, -0.15) is 0 Å². The van der Waals surface area contributed by atoms with Crippen LogP contribution in [0.4, 0.5) is 0 Å². The Balaban J connectivity index is 2.04. The third-order valence-corrected chi connectivity index (χ3v) is 5.59. The normalized spacial score (nSPS) is 15.2. The van der Waals surface area contributed by atoms with Crippen molar-refractivity contribution in [1.29, 1.82) is 0 Å². The van der Waals surface area contributed by atoms with Gasteiger partial charge in [0.05, 0.1) is 7.11 Å². The fourth-order valence-electron chi connectivity index (χ4n) is 3.98. The highest BCUT2D eigenvalue weighted by atomic mass is 16.5. The lowest BCUT2D eigenvalue weighted by Crippen LogP contribution is -2.39. The highest BCUT2D eigenvalue weighted by molar-refractivity contribution is 5.78. The molecule has 154 valence electrons. The van der Waals surface area contributed by atoms with E-state index in [2.05, 4.69) is 30.2 Å². The molecule has 0 aromatic heterocycles. The van der Waals surface area contributed by atoms with Gasteiger partial charge >= 0.3 is 0 Å². The summed E-state index contributed by atoms with van der Waals surface area (Å²) in [6, 6.07) is 10.5. The molecule has 0 unspecified atom stereocenters. The van der Waals surface area contributed by atoms with Gasteiger partial charge in [0.1, 0.15) is 11.5 Å². The van der Waals surface area contributed by atoms with Crippen LogP contribution in [-0.2, 0) is 19.4 Å². The van der Waals surface area contributed by atoms with Gasteiger partial charge in [-0.25, -0.2) is 0 Å². The number of rotatable bonds is 8. The quantitative estimate of drug-likeness (QED) is 0.652. The van der Waals surface area contributed by atoms with Crippen molar-refractivity contribution in [3.8, 4) is 22.6 Å². The molecule has 0 aliphatic carbocycles. The Bertz CT molecular complexity index is 867. The molecule has 2 aromatic rings. The van der Waals surface area contributed by atoms with E-state index in [9.17, 15) is 5.11 Å². The van der Waals surface area contributed by atoms with E-state index in [1.54, 1.807) is 7.11 Å². The number of ether oxygens (including phenoxy) is 1. The van der Waals surface area contributed by atoms with Gasteiger partial charge in [0.15, 0.2) is 0 Å². The summed E-state index contributed by atoms with van der Waals surface area (Å²) in [6.07, 6.45) is 7.29. The number of hydrogen-bond acceptors (Lipinski definition) is 4. The van der Waals surface area contributed by atoms with Crippen molar-refractivity contribution in [1.82, 2.24) is 4.90 Å². The Labute approximate surface area is 174 Å². The van der Waals surface area contributed by atoms with Crippen LogP contribution in [0.15, 0.2) is 55.6 Å². The van der Waals surface area contributed by atoms with Crippen LogP contribution in [0.25, 0.3) is 11.1 Å². The van der Waals surface area contributed by atoms with Crippen LogP contribution in [-0.4, -0.2) is 36.2 Å². The maximum Gasteiger partial charge on any atom is 0.128 e. The highest BCUT2D eigenvalue weighted by Gasteiger charge is 2.20. The molecular formula is C25H32N2O2. The molecule has 4 nitrogen and oxygen atoms in total. The minimum atomic E-state index is 0.291. The molecule has 0 amide bonds. The lowest BCUT2D eigenvalue weighted by atomic mass is 9.94. The number of benzene rings is 2. The molecular weight excluding hydrogens is 360 g/mol. The topological polar surface area (TPSA) is 58.7 Å². The molecule has 4 heteroatoms. The van der Waals surface area contributed by atoms with Gasteiger partial charge in [-0.05, 0) is 68.1 Å². The van der Waals surface area contributed by atoms with Crippen molar-refractivity contribution in [3.63, 3.8) is 0 Å². The van der Waals surface area contributed by atoms with Gasteiger partial charge in [0.2, 0.25) is 0 Å². The Morgan fingerprint density at radius 1 is 1.07 bits per heavy atom. The maximum absolute atomic E-state index is 11.2. The Morgan fingerprint density at radius 2 is 1.72 bits per heavy atom. The molecule has 1 saturated heterocycles. The molecule has 29 heavy (non-hydrogen) atoms. The number of piperidine rings is 1. The number of aromatic hydroxyl groups is 1. The minimum Gasteiger partial charge on any atom is -0.507 e. The summed E-state index contributed by atoms with van der Waals surface area (Å²) in [5.41, 5.74) is 11.0. The monoisotopic (exact) mass is 392 g/mol. The third kappa shape index (κ3) is 5.08. The van der Waals surface area contributed by atoms with Crippen molar-refractivity contribution in [3.05, 3.63) is 72.3 Å². The number of phenols is 1. The molecule has 1 heterocycles. The number of nitrogens with zero attached hydrogens (tertiary/aromatic N) is 1. The van der Waals surface area contributed by atoms with E-state index in [0.29, 0.717) is 18.3 Å². The van der Waals surface area contributed by atoms with E-state index >= 15 is 0 Å². The molecule has 1 fully saturated rings.